The molecule has 0 saturated carbocycles. The van der Waals surface area contributed by atoms with Gasteiger partial charge < -0.3 is 14.1 Å². The van der Waals surface area contributed by atoms with E-state index in [2.05, 4.69) is 50.4 Å². The molecule has 1 aliphatic rings. The molecular weight excluding hydrogens is 406 g/mol. The predicted molar refractivity (Wildman–Crippen MR) is 126 cm³/mol. The number of amides is 1. The molecule has 0 aromatic heterocycles. The highest BCUT2D eigenvalue weighted by atomic mass is 28.4. The molecule has 1 aromatic rings. The molecule has 1 fully saturated rings. The number of aryl methyl sites for hydroxylation is 1. The van der Waals surface area contributed by atoms with Gasteiger partial charge >= 0.3 is 5.97 Å². The summed E-state index contributed by atoms with van der Waals surface area (Å²) >= 11 is 0. The van der Waals surface area contributed by atoms with Crippen molar-refractivity contribution in [3.8, 4) is 11.8 Å². The number of methoxy groups -OCH3 is 1. The molecule has 0 radical (unpaired) electrons. The zero-order valence-corrected chi connectivity index (χ0v) is 21.0. The van der Waals surface area contributed by atoms with Crippen LogP contribution in [0.1, 0.15) is 45.2 Å². The first-order chi connectivity index (χ1) is 14.4. The molecule has 1 saturated heterocycles. The summed E-state index contributed by atoms with van der Waals surface area (Å²) in [5.74, 6) is 5.75. The molecule has 3 atom stereocenters. The van der Waals surface area contributed by atoms with Crippen LogP contribution in [0.25, 0.3) is 0 Å². The van der Waals surface area contributed by atoms with Crippen LogP contribution in [0.4, 0.5) is 0 Å². The average molecular weight is 442 g/mol. The van der Waals surface area contributed by atoms with Gasteiger partial charge in [0.1, 0.15) is 6.04 Å². The van der Waals surface area contributed by atoms with E-state index in [1.165, 1.54) is 12.7 Å². The Bertz CT molecular complexity index is 887. The van der Waals surface area contributed by atoms with Gasteiger partial charge in [-0.25, -0.2) is 0 Å². The fraction of sp³-hybridized carbons (Fsp3) is 0.520. The zero-order chi connectivity index (χ0) is 23.4. The molecule has 6 heteroatoms. The van der Waals surface area contributed by atoms with Crippen LogP contribution in [0, 0.1) is 24.7 Å². The lowest BCUT2D eigenvalue weighted by molar-refractivity contribution is -0.153. The van der Waals surface area contributed by atoms with E-state index < -0.39 is 8.32 Å². The molecule has 168 valence electrons. The minimum Gasteiger partial charge on any atom is -0.469 e. The van der Waals surface area contributed by atoms with Gasteiger partial charge in [0.15, 0.2) is 8.32 Å². The second kappa shape index (κ2) is 9.84. The van der Waals surface area contributed by atoms with Gasteiger partial charge in [-0.15, -0.1) is 0 Å². The molecule has 1 aliphatic heterocycles. The molecule has 0 N–H and O–H groups in total. The first kappa shape index (κ1) is 24.9. The van der Waals surface area contributed by atoms with Gasteiger partial charge in [-0.2, -0.15) is 0 Å². The molecule has 0 aliphatic carbocycles. The Morgan fingerprint density at radius 2 is 1.87 bits per heavy atom. The number of ether oxygens (including phenoxy) is 1. The first-order valence-electron chi connectivity index (χ1n) is 10.7. The van der Waals surface area contributed by atoms with Crippen molar-refractivity contribution in [2.75, 3.05) is 7.11 Å². The van der Waals surface area contributed by atoms with E-state index >= 15 is 0 Å². The zero-order valence-electron chi connectivity index (χ0n) is 20.0. The Hall–Kier alpha value is -2.36. The second-order valence-corrected chi connectivity index (χ2v) is 14.4. The van der Waals surface area contributed by atoms with Crippen molar-refractivity contribution in [1.29, 1.82) is 0 Å². The van der Waals surface area contributed by atoms with Crippen molar-refractivity contribution in [1.82, 2.24) is 4.90 Å². The fourth-order valence-electron chi connectivity index (χ4n) is 3.17. The molecule has 1 unspecified atom stereocenters. The minimum atomic E-state index is -2.03. The van der Waals surface area contributed by atoms with Crippen LogP contribution in [-0.2, 0) is 18.8 Å². The van der Waals surface area contributed by atoms with E-state index in [1.807, 2.05) is 38.1 Å². The van der Waals surface area contributed by atoms with Crippen LogP contribution in [0.15, 0.2) is 36.5 Å². The van der Waals surface area contributed by atoms with Crippen molar-refractivity contribution < 1.29 is 18.8 Å². The second-order valence-electron chi connectivity index (χ2n) is 9.60. The van der Waals surface area contributed by atoms with Crippen LogP contribution in [0.5, 0.6) is 0 Å². The lowest BCUT2D eigenvalue weighted by Gasteiger charge is -2.48. The topological polar surface area (TPSA) is 55.8 Å². The Labute approximate surface area is 187 Å². The Balaban J connectivity index is 2.26. The predicted octanol–water partition coefficient (Wildman–Crippen LogP) is 4.66. The van der Waals surface area contributed by atoms with Gasteiger partial charge in [-0.3, -0.25) is 9.59 Å². The average Bonchev–Trinajstić information content (AvgIpc) is 2.67. The number of carbonyl (C=O) groups is 2. The summed E-state index contributed by atoms with van der Waals surface area (Å²) in [5.41, 5.74) is 2.08. The van der Waals surface area contributed by atoms with E-state index in [0.717, 1.165) is 5.56 Å². The molecular formula is C25H35NO4Si. The number of esters is 1. The Morgan fingerprint density at radius 1 is 1.26 bits per heavy atom. The maximum absolute atomic E-state index is 13.0. The fourth-order valence-corrected chi connectivity index (χ4v) is 4.60. The number of carbonyl (C=O) groups excluding carboxylic acids is 2. The van der Waals surface area contributed by atoms with Gasteiger partial charge in [0, 0.05) is 11.8 Å². The van der Waals surface area contributed by atoms with Gasteiger partial charge in [0.2, 0.25) is 5.91 Å². The summed E-state index contributed by atoms with van der Waals surface area (Å²) in [6.45, 7) is 14.9. The monoisotopic (exact) mass is 441 g/mol. The normalized spacial score (nSPS) is 20.1. The van der Waals surface area contributed by atoms with Crippen molar-refractivity contribution >= 4 is 20.2 Å². The standard InChI is InChI=1S/C25H35NO4Si/c1-18-11-13-20(14-12-18)15-16-21-23(19(2)30-31(7,8)25(3,4)5)24(28)26(21)17-9-10-22(27)29-6/h9,11-14,17,19,21,23H,10H2,1-8H3/b17-9+/t19-,21?,23-/m1/s1. The van der Waals surface area contributed by atoms with Gasteiger partial charge in [0.25, 0.3) is 0 Å². The molecule has 5 nitrogen and oxygen atoms in total. The minimum absolute atomic E-state index is 0.0319. The molecule has 1 aromatic carbocycles. The van der Waals surface area contributed by atoms with E-state index in [9.17, 15) is 9.59 Å². The lowest BCUT2D eigenvalue weighted by Crippen LogP contribution is -2.63. The maximum atomic E-state index is 13.0. The third-order valence-corrected chi connectivity index (χ3v) is 10.7. The van der Waals surface area contributed by atoms with Crippen molar-refractivity contribution in [2.24, 2.45) is 5.92 Å². The van der Waals surface area contributed by atoms with Crippen molar-refractivity contribution in [3.63, 3.8) is 0 Å². The molecule has 31 heavy (non-hydrogen) atoms. The molecule has 1 amide bonds. The summed E-state index contributed by atoms with van der Waals surface area (Å²) in [7, 11) is -0.687. The maximum Gasteiger partial charge on any atom is 0.309 e. The summed E-state index contributed by atoms with van der Waals surface area (Å²) in [5, 5.41) is 0.0528. The highest BCUT2D eigenvalue weighted by molar-refractivity contribution is 6.74. The number of likely N-dealkylation sites (tertiary alicyclic amines) is 1. The highest BCUT2D eigenvalue weighted by Gasteiger charge is 2.51. The molecule has 2 rings (SSSR count). The largest absolute Gasteiger partial charge is 0.469 e. The molecule has 0 spiro atoms. The lowest BCUT2D eigenvalue weighted by atomic mass is 9.84. The number of hydrogen-bond donors (Lipinski definition) is 0. The van der Waals surface area contributed by atoms with E-state index in [0.29, 0.717) is 0 Å². The SMILES string of the molecule is COC(=O)C/C=C/N1C(=O)[C@H]([C@@H](C)O[Si](C)(C)C(C)(C)C)C1C#Cc1ccc(C)cc1. The third kappa shape index (κ3) is 6.08. The van der Waals surface area contributed by atoms with Crippen LogP contribution in [-0.4, -0.2) is 44.3 Å². The number of benzene rings is 1. The van der Waals surface area contributed by atoms with E-state index in [4.69, 9.17) is 4.43 Å². The van der Waals surface area contributed by atoms with Gasteiger partial charge in [-0.1, -0.05) is 56.4 Å². The van der Waals surface area contributed by atoms with Crippen LogP contribution >= 0.6 is 0 Å². The van der Waals surface area contributed by atoms with Crippen LogP contribution in [0.2, 0.25) is 18.1 Å². The summed E-state index contributed by atoms with van der Waals surface area (Å²) in [6, 6.07) is 7.69. The van der Waals surface area contributed by atoms with Crippen LogP contribution < -0.4 is 0 Å². The van der Waals surface area contributed by atoms with Gasteiger partial charge in [0.05, 0.1) is 25.6 Å². The third-order valence-electron chi connectivity index (χ3n) is 6.17. The van der Waals surface area contributed by atoms with E-state index in [1.54, 1.807) is 17.2 Å². The molecule has 1 heterocycles. The first-order valence-corrected chi connectivity index (χ1v) is 13.6. The number of β-lactam (4-membered cyclic amide) rings is 1. The Morgan fingerprint density at radius 3 is 2.42 bits per heavy atom. The van der Waals surface area contributed by atoms with Crippen molar-refractivity contribution in [2.45, 2.75) is 71.3 Å². The van der Waals surface area contributed by atoms with Gasteiger partial charge in [-0.05, 0) is 44.1 Å². The quantitative estimate of drug-likeness (QED) is 0.279. The van der Waals surface area contributed by atoms with Crippen LogP contribution in [0.3, 0.4) is 0 Å². The highest BCUT2D eigenvalue weighted by Crippen LogP contribution is 2.40. The molecule has 0 bridgehead atoms. The number of rotatable bonds is 6. The smallest absolute Gasteiger partial charge is 0.309 e. The number of hydrogen-bond acceptors (Lipinski definition) is 4. The van der Waals surface area contributed by atoms with E-state index in [-0.39, 0.29) is 41.4 Å². The number of nitrogens with zero attached hydrogens (tertiary/aromatic N) is 1. The summed E-state index contributed by atoms with van der Waals surface area (Å²) < 4.78 is 11.2. The van der Waals surface area contributed by atoms with Crippen molar-refractivity contribution in [3.05, 3.63) is 47.7 Å². The summed E-state index contributed by atoms with van der Waals surface area (Å²) in [6.07, 6.45) is 3.15. The summed E-state index contributed by atoms with van der Waals surface area (Å²) in [4.78, 5) is 26.0. The Kier molecular flexibility index (Phi) is 7.91.